The molecule has 0 aromatic carbocycles. The molecule has 3 heteroatoms. The van der Waals surface area contributed by atoms with Gasteiger partial charge in [-0.25, -0.2) is 4.98 Å². The summed E-state index contributed by atoms with van der Waals surface area (Å²) in [6.07, 6.45) is 7.03. The van der Waals surface area contributed by atoms with Gasteiger partial charge in [-0.05, 0) is 56.1 Å². The third-order valence-electron chi connectivity index (χ3n) is 4.29. The lowest BCUT2D eigenvalue weighted by atomic mass is 9.95. The molecule has 2 aliphatic rings. The fourth-order valence-electron chi connectivity index (χ4n) is 3.28. The SMILES string of the molecule is OCCC1CCCN(c2ccc3c(n2)CCC3)C1. The Kier molecular flexibility index (Phi) is 3.50. The van der Waals surface area contributed by atoms with Gasteiger partial charge in [-0.15, -0.1) is 0 Å². The van der Waals surface area contributed by atoms with Crippen molar-refractivity contribution in [2.24, 2.45) is 5.92 Å². The van der Waals surface area contributed by atoms with Crippen LogP contribution in [0.4, 0.5) is 5.82 Å². The number of rotatable bonds is 3. The van der Waals surface area contributed by atoms with Gasteiger partial charge < -0.3 is 10.0 Å². The minimum absolute atomic E-state index is 0.316. The van der Waals surface area contributed by atoms with Gasteiger partial charge in [0.05, 0.1) is 0 Å². The molecule has 1 aliphatic carbocycles. The second-order valence-corrected chi connectivity index (χ2v) is 5.60. The van der Waals surface area contributed by atoms with Crippen LogP contribution in [0.25, 0.3) is 0 Å². The molecule has 1 fully saturated rings. The first-order valence-electron chi connectivity index (χ1n) is 7.21. The summed E-state index contributed by atoms with van der Waals surface area (Å²) >= 11 is 0. The minimum Gasteiger partial charge on any atom is -0.396 e. The Hall–Kier alpha value is -1.09. The predicted molar refractivity (Wildman–Crippen MR) is 72.9 cm³/mol. The number of aryl methyl sites for hydroxylation is 2. The summed E-state index contributed by atoms with van der Waals surface area (Å²) in [6.45, 7) is 2.50. The predicted octanol–water partition coefficient (Wildman–Crippen LogP) is 2.17. The molecule has 3 rings (SSSR count). The molecule has 0 radical (unpaired) electrons. The molecule has 0 spiro atoms. The van der Waals surface area contributed by atoms with Gasteiger partial charge in [0.25, 0.3) is 0 Å². The highest BCUT2D eigenvalue weighted by atomic mass is 16.3. The van der Waals surface area contributed by atoms with Crippen molar-refractivity contribution in [3.8, 4) is 0 Å². The average molecular weight is 246 g/mol. The molecule has 2 heterocycles. The number of anilines is 1. The number of piperidine rings is 1. The molecule has 1 atom stereocenters. The monoisotopic (exact) mass is 246 g/mol. The number of aliphatic hydroxyl groups excluding tert-OH is 1. The highest BCUT2D eigenvalue weighted by molar-refractivity contribution is 5.43. The Bertz CT molecular complexity index is 417. The largest absolute Gasteiger partial charge is 0.396 e. The first-order valence-corrected chi connectivity index (χ1v) is 7.21. The molecule has 18 heavy (non-hydrogen) atoms. The smallest absolute Gasteiger partial charge is 0.128 e. The number of hydrogen-bond donors (Lipinski definition) is 1. The normalized spacial score (nSPS) is 23.2. The number of aromatic nitrogens is 1. The van der Waals surface area contributed by atoms with E-state index < -0.39 is 0 Å². The van der Waals surface area contributed by atoms with E-state index in [0.717, 1.165) is 31.7 Å². The molecule has 1 N–H and O–H groups in total. The Morgan fingerprint density at radius 3 is 3.11 bits per heavy atom. The highest BCUT2D eigenvalue weighted by Crippen LogP contribution is 2.27. The van der Waals surface area contributed by atoms with Crippen molar-refractivity contribution < 1.29 is 5.11 Å². The standard InChI is InChI=1S/C15H22N2O/c18-10-8-12-3-2-9-17(11-12)15-7-6-13-4-1-5-14(13)16-15/h6-7,12,18H,1-5,8-11H2. The molecule has 0 saturated carbocycles. The number of fused-ring (bicyclic) bond motifs is 1. The van der Waals surface area contributed by atoms with Crippen LogP contribution in [0.1, 0.15) is 36.9 Å². The summed E-state index contributed by atoms with van der Waals surface area (Å²) in [6, 6.07) is 4.45. The maximum atomic E-state index is 9.07. The van der Waals surface area contributed by atoms with Gasteiger partial charge in [0.15, 0.2) is 0 Å². The fourth-order valence-corrected chi connectivity index (χ4v) is 3.28. The van der Waals surface area contributed by atoms with E-state index in [9.17, 15) is 0 Å². The molecule has 1 aliphatic heterocycles. The summed E-state index contributed by atoms with van der Waals surface area (Å²) in [7, 11) is 0. The molecule has 1 aromatic rings. The van der Waals surface area contributed by atoms with E-state index in [-0.39, 0.29) is 0 Å². The van der Waals surface area contributed by atoms with Gasteiger partial charge in [-0.3, -0.25) is 0 Å². The van der Waals surface area contributed by atoms with E-state index in [0.29, 0.717) is 12.5 Å². The van der Waals surface area contributed by atoms with Crippen LogP contribution < -0.4 is 4.90 Å². The summed E-state index contributed by atoms with van der Waals surface area (Å²) in [5, 5.41) is 9.07. The van der Waals surface area contributed by atoms with Crippen LogP contribution in [-0.4, -0.2) is 29.8 Å². The molecule has 98 valence electrons. The molecular formula is C15H22N2O. The van der Waals surface area contributed by atoms with Gasteiger partial charge in [-0.1, -0.05) is 6.07 Å². The van der Waals surface area contributed by atoms with Crippen LogP contribution in [0.3, 0.4) is 0 Å². The van der Waals surface area contributed by atoms with Crippen LogP contribution in [-0.2, 0) is 12.8 Å². The van der Waals surface area contributed by atoms with Crippen LogP contribution >= 0.6 is 0 Å². The third-order valence-corrected chi connectivity index (χ3v) is 4.29. The Morgan fingerprint density at radius 1 is 1.28 bits per heavy atom. The van der Waals surface area contributed by atoms with Crippen LogP contribution in [0, 0.1) is 5.92 Å². The second-order valence-electron chi connectivity index (χ2n) is 5.60. The zero-order valence-electron chi connectivity index (χ0n) is 10.9. The third kappa shape index (κ3) is 2.37. The zero-order chi connectivity index (χ0) is 12.4. The summed E-state index contributed by atoms with van der Waals surface area (Å²) in [4.78, 5) is 7.24. The zero-order valence-corrected chi connectivity index (χ0v) is 10.9. The summed E-state index contributed by atoms with van der Waals surface area (Å²) in [5.74, 6) is 1.79. The Balaban J connectivity index is 1.73. The van der Waals surface area contributed by atoms with Crippen molar-refractivity contribution in [3.63, 3.8) is 0 Å². The first-order chi connectivity index (χ1) is 8.86. The van der Waals surface area contributed by atoms with E-state index in [2.05, 4.69) is 17.0 Å². The molecule has 3 nitrogen and oxygen atoms in total. The van der Waals surface area contributed by atoms with Gasteiger partial charge >= 0.3 is 0 Å². The Labute approximate surface area is 109 Å². The average Bonchev–Trinajstić information content (AvgIpc) is 2.86. The number of nitrogens with zero attached hydrogens (tertiary/aromatic N) is 2. The van der Waals surface area contributed by atoms with E-state index in [1.165, 1.54) is 36.9 Å². The fraction of sp³-hybridized carbons (Fsp3) is 0.667. The van der Waals surface area contributed by atoms with Crippen molar-refractivity contribution in [1.29, 1.82) is 0 Å². The highest BCUT2D eigenvalue weighted by Gasteiger charge is 2.21. The van der Waals surface area contributed by atoms with Gasteiger partial charge in [0.1, 0.15) is 5.82 Å². The number of hydrogen-bond acceptors (Lipinski definition) is 3. The maximum absolute atomic E-state index is 9.07. The van der Waals surface area contributed by atoms with Gasteiger partial charge in [0, 0.05) is 25.4 Å². The molecule has 1 unspecified atom stereocenters. The lowest BCUT2D eigenvalue weighted by molar-refractivity contribution is 0.244. The van der Waals surface area contributed by atoms with Gasteiger partial charge in [0.2, 0.25) is 0 Å². The lowest BCUT2D eigenvalue weighted by Gasteiger charge is -2.33. The van der Waals surface area contributed by atoms with E-state index in [1.807, 2.05) is 0 Å². The molecule has 0 bridgehead atoms. The topological polar surface area (TPSA) is 36.4 Å². The molecule has 1 saturated heterocycles. The maximum Gasteiger partial charge on any atom is 0.128 e. The quantitative estimate of drug-likeness (QED) is 0.888. The van der Waals surface area contributed by atoms with E-state index in [4.69, 9.17) is 10.1 Å². The Morgan fingerprint density at radius 2 is 2.22 bits per heavy atom. The van der Waals surface area contributed by atoms with Crippen molar-refractivity contribution in [3.05, 3.63) is 23.4 Å². The number of pyridine rings is 1. The molecular weight excluding hydrogens is 224 g/mol. The van der Waals surface area contributed by atoms with Crippen molar-refractivity contribution in [2.75, 3.05) is 24.6 Å². The first kappa shape index (κ1) is 12.0. The molecule has 0 amide bonds. The van der Waals surface area contributed by atoms with Crippen molar-refractivity contribution in [1.82, 2.24) is 4.98 Å². The molecule has 1 aromatic heterocycles. The summed E-state index contributed by atoms with van der Waals surface area (Å²) in [5.41, 5.74) is 2.76. The van der Waals surface area contributed by atoms with E-state index in [1.54, 1.807) is 0 Å². The van der Waals surface area contributed by atoms with Crippen LogP contribution in [0.15, 0.2) is 12.1 Å². The number of aliphatic hydroxyl groups is 1. The minimum atomic E-state index is 0.316. The lowest BCUT2D eigenvalue weighted by Crippen LogP contribution is -2.36. The second kappa shape index (κ2) is 5.27. The van der Waals surface area contributed by atoms with Crippen LogP contribution in [0.2, 0.25) is 0 Å². The van der Waals surface area contributed by atoms with Crippen LogP contribution in [0.5, 0.6) is 0 Å². The van der Waals surface area contributed by atoms with Crippen molar-refractivity contribution in [2.45, 2.75) is 38.5 Å². The summed E-state index contributed by atoms with van der Waals surface area (Å²) < 4.78 is 0. The van der Waals surface area contributed by atoms with Crippen molar-refractivity contribution >= 4 is 5.82 Å². The van der Waals surface area contributed by atoms with Gasteiger partial charge in [-0.2, -0.15) is 0 Å². The van der Waals surface area contributed by atoms with E-state index >= 15 is 0 Å².